The molecule has 0 bridgehead atoms. The van der Waals surface area contributed by atoms with Crippen molar-refractivity contribution >= 4 is 11.9 Å². The van der Waals surface area contributed by atoms with E-state index in [4.69, 9.17) is 5.73 Å². The lowest BCUT2D eigenvalue weighted by Crippen LogP contribution is -2.48. The van der Waals surface area contributed by atoms with Gasteiger partial charge in [-0.15, -0.1) is 0 Å². The second kappa shape index (κ2) is 9.41. The summed E-state index contributed by atoms with van der Waals surface area (Å²) in [5, 5.41) is 0. The number of rotatable bonds is 6. The molecular weight excluding hydrogens is 386 g/mol. The summed E-state index contributed by atoms with van der Waals surface area (Å²) in [6, 6.07) is 21.9. The van der Waals surface area contributed by atoms with Crippen molar-refractivity contribution in [1.82, 2.24) is 24.8 Å². The smallest absolute Gasteiger partial charge is 0.229 e. The second-order valence-corrected chi connectivity index (χ2v) is 8.22. The Morgan fingerprint density at radius 2 is 1.29 bits per heavy atom. The molecule has 0 spiro atoms. The Balaban J connectivity index is 1.50. The average molecular weight is 418 g/mol. The molecule has 1 atom stereocenters. The van der Waals surface area contributed by atoms with Crippen LogP contribution in [0, 0.1) is 0 Å². The minimum absolute atomic E-state index is 0.0815. The predicted molar refractivity (Wildman–Crippen MR) is 125 cm³/mol. The lowest BCUT2D eigenvalue weighted by Gasteiger charge is -2.41. The van der Waals surface area contributed by atoms with Gasteiger partial charge >= 0.3 is 0 Å². The summed E-state index contributed by atoms with van der Waals surface area (Å²) >= 11 is 0. The SMILES string of the molecule is C[C@@H](c1nc(N)nc(N(C)C)n1)N1CCN(C(c2ccccc2)c2ccccc2)CC1. The van der Waals surface area contributed by atoms with Gasteiger partial charge in [0.1, 0.15) is 0 Å². The molecule has 0 saturated carbocycles. The molecule has 0 unspecified atom stereocenters. The predicted octanol–water partition coefficient (Wildman–Crippen LogP) is 2.99. The Hall–Kier alpha value is -3.03. The highest BCUT2D eigenvalue weighted by molar-refractivity contribution is 5.34. The van der Waals surface area contributed by atoms with Crippen LogP contribution in [0.4, 0.5) is 11.9 Å². The van der Waals surface area contributed by atoms with Gasteiger partial charge in [-0.25, -0.2) is 0 Å². The number of hydrogen-bond acceptors (Lipinski definition) is 7. The highest BCUT2D eigenvalue weighted by atomic mass is 15.3. The van der Waals surface area contributed by atoms with E-state index in [1.54, 1.807) is 0 Å². The van der Waals surface area contributed by atoms with Crippen LogP contribution in [0.2, 0.25) is 0 Å². The van der Waals surface area contributed by atoms with Crippen LogP contribution in [0.25, 0.3) is 0 Å². The van der Waals surface area contributed by atoms with E-state index in [-0.39, 0.29) is 18.0 Å². The van der Waals surface area contributed by atoms with Gasteiger partial charge in [0.25, 0.3) is 0 Å². The van der Waals surface area contributed by atoms with E-state index in [0.29, 0.717) is 5.95 Å². The number of anilines is 2. The number of piperazine rings is 1. The molecule has 162 valence electrons. The summed E-state index contributed by atoms with van der Waals surface area (Å²) in [4.78, 5) is 20.1. The first-order chi connectivity index (χ1) is 15.0. The number of nitrogens with zero attached hydrogens (tertiary/aromatic N) is 6. The number of hydrogen-bond donors (Lipinski definition) is 1. The fourth-order valence-electron chi connectivity index (χ4n) is 4.22. The van der Waals surface area contributed by atoms with Crippen LogP contribution in [-0.2, 0) is 0 Å². The maximum Gasteiger partial charge on any atom is 0.229 e. The molecule has 0 radical (unpaired) electrons. The van der Waals surface area contributed by atoms with E-state index in [9.17, 15) is 0 Å². The third kappa shape index (κ3) is 4.84. The van der Waals surface area contributed by atoms with Gasteiger partial charge in [0, 0.05) is 40.3 Å². The van der Waals surface area contributed by atoms with Gasteiger partial charge in [-0.1, -0.05) is 60.7 Å². The fraction of sp³-hybridized carbons (Fsp3) is 0.375. The fourth-order valence-corrected chi connectivity index (χ4v) is 4.22. The highest BCUT2D eigenvalue weighted by Crippen LogP contribution is 2.30. The van der Waals surface area contributed by atoms with E-state index in [1.165, 1.54) is 11.1 Å². The Labute approximate surface area is 184 Å². The van der Waals surface area contributed by atoms with Gasteiger partial charge in [0.2, 0.25) is 11.9 Å². The largest absolute Gasteiger partial charge is 0.368 e. The summed E-state index contributed by atoms with van der Waals surface area (Å²) in [5.74, 6) is 1.60. The van der Waals surface area contributed by atoms with Crippen molar-refractivity contribution in [2.75, 3.05) is 50.9 Å². The first kappa shape index (κ1) is 21.2. The van der Waals surface area contributed by atoms with Crippen LogP contribution in [0.5, 0.6) is 0 Å². The van der Waals surface area contributed by atoms with Gasteiger partial charge in [-0.2, -0.15) is 15.0 Å². The molecule has 2 aromatic carbocycles. The third-order valence-corrected chi connectivity index (χ3v) is 5.92. The van der Waals surface area contributed by atoms with E-state index in [0.717, 1.165) is 32.0 Å². The quantitative estimate of drug-likeness (QED) is 0.661. The number of nitrogens with two attached hydrogens (primary N) is 1. The van der Waals surface area contributed by atoms with E-state index < -0.39 is 0 Å². The molecule has 7 heteroatoms. The molecule has 2 heterocycles. The van der Waals surface area contributed by atoms with Crippen molar-refractivity contribution in [1.29, 1.82) is 0 Å². The molecule has 1 aromatic heterocycles. The minimum Gasteiger partial charge on any atom is -0.368 e. The van der Waals surface area contributed by atoms with Crippen LogP contribution in [0.15, 0.2) is 60.7 Å². The van der Waals surface area contributed by atoms with Gasteiger partial charge in [-0.3, -0.25) is 9.80 Å². The third-order valence-electron chi connectivity index (χ3n) is 5.92. The van der Waals surface area contributed by atoms with Crippen LogP contribution in [-0.4, -0.2) is 65.0 Å². The van der Waals surface area contributed by atoms with E-state index in [1.807, 2.05) is 19.0 Å². The molecule has 1 saturated heterocycles. The maximum atomic E-state index is 5.94. The highest BCUT2D eigenvalue weighted by Gasteiger charge is 2.29. The zero-order valence-corrected chi connectivity index (χ0v) is 18.5. The van der Waals surface area contributed by atoms with E-state index >= 15 is 0 Å². The van der Waals surface area contributed by atoms with Crippen LogP contribution < -0.4 is 10.6 Å². The van der Waals surface area contributed by atoms with Crippen molar-refractivity contribution in [3.8, 4) is 0 Å². The zero-order chi connectivity index (χ0) is 21.8. The molecule has 3 aromatic rings. The van der Waals surface area contributed by atoms with E-state index in [2.05, 4.69) is 92.3 Å². The molecule has 7 nitrogen and oxygen atoms in total. The lowest BCUT2D eigenvalue weighted by molar-refractivity contribution is 0.0812. The van der Waals surface area contributed by atoms with Gasteiger partial charge in [0.15, 0.2) is 5.82 Å². The molecule has 2 N–H and O–H groups in total. The van der Waals surface area contributed by atoms with Crippen LogP contribution in [0.3, 0.4) is 0 Å². The second-order valence-electron chi connectivity index (χ2n) is 8.22. The summed E-state index contributed by atoms with van der Waals surface area (Å²) in [6.07, 6.45) is 0. The van der Waals surface area contributed by atoms with Gasteiger partial charge < -0.3 is 10.6 Å². The number of aromatic nitrogens is 3. The molecule has 1 aliphatic heterocycles. The Bertz CT molecular complexity index is 930. The Morgan fingerprint density at radius 1 is 0.774 bits per heavy atom. The van der Waals surface area contributed by atoms with Gasteiger partial charge in [0.05, 0.1) is 12.1 Å². The van der Waals surface area contributed by atoms with Crippen molar-refractivity contribution < 1.29 is 0 Å². The number of nitrogen functional groups attached to an aromatic ring is 1. The molecule has 1 fully saturated rings. The van der Waals surface area contributed by atoms with Crippen LogP contribution in [0.1, 0.15) is 36.0 Å². The lowest BCUT2D eigenvalue weighted by atomic mass is 9.96. The average Bonchev–Trinajstić information content (AvgIpc) is 2.80. The summed E-state index contributed by atoms with van der Waals surface area (Å²) in [5.41, 5.74) is 8.60. The van der Waals surface area contributed by atoms with Crippen molar-refractivity contribution in [2.24, 2.45) is 0 Å². The van der Waals surface area contributed by atoms with Crippen LogP contribution >= 0.6 is 0 Å². The topological polar surface area (TPSA) is 74.4 Å². The molecule has 1 aliphatic rings. The standard InChI is InChI=1S/C24H31N7/c1-18(22-26-23(25)28-24(27-22)29(2)3)30-14-16-31(17-15-30)21(19-10-6-4-7-11-19)20-12-8-5-9-13-20/h4-13,18,21H,14-17H2,1-3H3,(H2,25,26,27,28)/t18-/m0/s1. The van der Waals surface area contributed by atoms with Gasteiger partial charge in [-0.05, 0) is 18.1 Å². The van der Waals surface area contributed by atoms with Crippen molar-refractivity contribution in [2.45, 2.75) is 19.0 Å². The summed E-state index contributed by atoms with van der Waals surface area (Å²) in [6.45, 7) is 5.98. The summed E-state index contributed by atoms with van der Waals surface area (Å²) in [7, 11) is 3.82. The zero-order valence-electron chi connectivity index (χ0n) is 18.5. The maximum absolute atomic E-state index is 5.94. The molecule has 0 aliphatic carbocycles. The number of benzene rings is 2. The molecular formula is C24H31N7. The first-order valence-corrected chi connectivity index (χ1v) is 10.8. The Morgan fingerprint density at radius 3 is 1.81 bits per heavy atom. The Kier molecular flexibility index (Phi) is 6.44. The first-order valence-electron chi connectivity index (χ1n) is 10.8. The molecule has 4 rings (SSSR count). The van der Waals surface area contributed by atoms with Crippen molar-refractivity contribution in [3.05, 3.63) is 77.6 Å². The normalized spacial score (nSPS) is 16.4. The minimum atomic E-state index is 0.0815. The van der Waals surface area contributed by atoms with Crippen molar-refractivity contribution in [3.63, 3.8) is 0 Å². The summed E-state index contributed by atoms with van der Waals surface area (Å²) < 4.78 is 0. The monoisotopic (exact) mass is 417 g/mol. The molecule has 31 heavy (non-hydrogen) atoms. The molecule has 0 amide bonds.